The maximum atomic E-state index is 13.0. The summed E-state index contributed by atoms with van der Waals surface area (Å²) in [5.74, 6) is -1.60. The van der Waals surface area contributed by atoms with E-state index in [1.165, 1.54) is 23.5 Å². The molecule has 0 bridgehead atoms. The first kappa shape index (κ1) is 20.1. The Labute approximate surface area is 176 Å². The monoisotopic (exact) mass is 453 g/mol. The molecule has 6 nitrogen and oxygen atoms in total. The number of halogens is 2. The molecule has 2 heterocycles. The van der Waals surface area contributed by atoms with Gasteiger partial charge in [0.1, 0.15) is 11.6 Å². The third-order valence-electron chi connectivity index (χ3n) is 4.73. The average Bonchev–Trinajstić information content (AvgIpc) is 3.11. The second-order valence-corrected chi connectivity index (χ2v) is 10.1. The zero-order valence-corrected chi connectivity index (χ0v) is 17.6. The molecular weight excluding hydrogens is 437 g/mol. The molecule has 2 aromatic carbocycles. The van der Waals surface area contributed by atoms with E-state index in [2.05, 4.69) is 9.88 Å². The highest BCUT2D eigenvalue weighted by Gasteiger charge is 2.27. The molecule has 3 aromatic rings. The first-order valence-corrected chi connectivity index (χ1v) is 11.7. The summed E-state index contributed by atoms with van der Waals surface area (Å²) in [7, 11) is -3.81. The number of anilines is 1. The minimum atomic E-state index is -3.81. The van der Waals surface area contributed by atoms with Crippen LogP contribution in [0.15, 0.2) is 47.4 Å². The van der Waals surface area contributed by atoms with Gasteiger partial charge in [-0.3, -0.25) is 4.79 Å². The second-order valence-electron chi connectivity index (χ2n) is 6.69. The number of aromatic nitrogens is 1. The van der Waals surface area contributed by atoms with E-state index >= 15 is 0 Å². The highest BCUT2D eigenvalue weighted by molar-refractivity contribution is 7.92. The third-order valence-corrected chi connectivity index (χ3v) is 7.66. The van der Waals surface area contributed by atoms with Crippen molar-refractivity contribution in [2.24, 2.45) is 0 Å². The van der Waals surface area contributed by atoms with Crippen molar-refractivity contribution in [2.45, 2.75) is 4.90 Å². The number of rotatable bonds is 4. The van der Waals surface area contributed by atoms with Gasteiger partial charge in [0.05, 0.1) is 15.1 Å². The van der Waals surface area contributed by atoms with Gasteiger partial charge >= 0.3 is 0 Å². The average molecular weight is 454 g/mol. The van der Waals surface area contributed by atoms with Gasteiger partial charge in [0.15, 0.2) is 15.0 Å². The first-order chi connectivity index (χ1) is 13.8. The van der Waals surface area contributed by atoms with Crippen LogP contribution in [0, 0.1) is 5.82 Å². The Bertz CT molecular complexity index is 1160. The van der Waals surface area contributed by atoms with Crippen molar-refractivity contribution in [3.8, 4) is 0 Å². The molecule has 10 heteroatoms. The topological polar surface area (TPSA) is 70.6 Å². The molecule has 1 fully saturated rings. The first-order valence-electron chi connectivity index (χ1n) is 8.89. The van der Waals surface area contributed by atoms with E-state index in [1.807, 2.05) is 12.1 Å². The van der Waals surface area contributed by atoms with Crippen LogP contribution in [-0.4, -0.2) is 56.1 Å². The quantitative estimate of drug-likeness (QED) is 0.567. The fraction of sp³-hybridized carbons (Fsp3) is 0.263. The smallest absolute Gasteiger partial charge is 0.238 e. The van der Waals surface area contributed by atoms with Crippen molar-refractivity contribution in [1.29, 1.82) is 0 Å². The Balaban J connectivity index is 1.39. The van der Waals surface area contributed by atoms with E-state index in [9.17, 15) is 17.6 Å². The van der Waals surface area contributed by atoms with Crippen LogP contribution in [0.1, 0.15) is 0 Å². The number of hydrogen-bond donors (Lipinski definition) is 0. The summed E-state index contributed by atoms with van der Waals surface area (Å²) in [6, 6.07) is 10.0. The molecule has 152 valence electrons. The van der Waals surface area contributed by atoms with Gasteiger partial charge in [-0.25, -0.2) is 17.8 Å². The van der Waals surface area contributed by atoms with E-state index in [1.54, 1.807) is 11.0 Å². The Morgan fingerprint density at radius 2 is 1.79 bits per heavy atom. The van der Waals surface area contributed by atoms with Crippen molar-refractivity contribution < 1.29 is 17.6 Å². The minimum Gasteiger partial charge on any atom is -0.345 e. The lowest BCUT2D eigenvalue weighted by Crippen LogP contribution is -2.50. The zero-order valence-electron chi connectivity index (χ0n) is 15.2. The van der Waals surface area contributed by atoms with E-state index < -0.39 is 27.3 Å². The van der Waals surface area contributed by atoms with Gasteiger partial charge in [-0.1, -0.05) is 22.9 Å². The lowest BCUT2D eigenvalue weighted by Gasteiger charge is -2.34. The predicted molar refractivity (Wildman–Crippen MR) is 112 cm³/mol. The Morgan fingerprint density at radius 1 is 1.10 bits per heavy atom. The number of sulfone groups is 1. The van der Waals surface area contributed by atoms with Gasteiger partial charge in [-0.2, -0.15) is 0 Å². The van der Waals surface area contributed by atoms with Crippen LogP contribution in [0.3, 0.4) is 0 Å². The van der Waals surface area contributed by atoms with Crippen LogP contribution >= 0.6 is 22.9 Å². The van der Waals surface area contributed by atoms with E-state index in [0.29, 0.717) is 31.2 Å². The van der Waals surface area contributed by atoms with Crippen molar-refractivity contribution in [1.82, 2.24) is 9.88 Å². The number of amides is 1. The number of carbonyl (C=O) groups excluding carboxylic acids is 1. The molecule has 0 aliphatic carbocycles. The normalized spacial score (nSPS) is 15.1. The molecule has 1 amide bonds. The standard InChI is InChI=1S/C19H17ClFN3O3S2/c20-13-1-6-16-17(11-13)28-19(22-16)24-9-7-23(8-10-24)18(25)12-29(26,27)15-4-2-14(21)3-5-15/h1-6,11H,7-10,12H2. The minimum absolute atomic E-state index is 0.0565. The Hall–Kier alpha value is -2.23. The van der Waals surface area contributed by atoms with Crippen LogP contribution in [0.5, 0.6) is 0 Å². The maximum absolute atomic E-state index is 13.0. The number of fused-ring (bicyclic) bond motifs is 1. The fourth-order valence-electron chi connectivity index (χ4n) is 3.15. The molecule has 1 saturated heterocycles. The molecule has 1 aliphatic rings. The van der Waals surface area contributed by atoms with Crippen LogP contribution in [-0.2, 0) is 14.6 Å². The van der Waals surface area contributed by atoms with Gasteiger partial charge in [-0.05, 0) is 42.5 Å². The van der Waals surface area contributed by atoms with Gasteiger partial charge in [-0.15, -0.1) is 0 Å². The summed E-state index contributed by atoms with van der Waals surface area (Å²) < 4.78 is 38.8. The highest BCUT2D eigenvalue weighted by atomic mass is 35.5. The molecule has 1 aliphatic heterocycles. The molecule has 1 aromatic heterocycles. The molecule has 4 rings (SSSR count). The van der Waals surface area contributed by atoms with Crippen LogP contribution in [0.2, 0.25) is 5.02 Å². The summed E-state index contributed by atoms with van der Waals surface area (Å²) in [4.78, 5) is 20.7. The second kappa shape index (κ2) is 7.89. The number of thiazole rings is 1. The van der Waals surface area contributed by atoms with Crippen molar-refractivity contribution >= 4 is 54.0 Å². The highest BCUT2D eigenvalue weighted by Crippen LogP contribution is 2.31. The van der Waals surface area contributed by atoms with Crippen LogP contribution < -0.4 is 4.90 Å². The number of nitrogens with zero attached hydrogens (tertiary/aromatic N) is 3. The zero-order chi connectivity index (χ0) is 20.6. The Morgan fingerprint density at radius 3 is 2.48 bits per heavy atom. The van der Waals surface area contributed by atoms with E-state index in [-0.39, 0.29) is 4.90 Å². The maximum Gasteiger partial charge on any atom is 0.238 e. The summed E-state index contributed by atoms with van der Waals surface area (Å²) in [6.45, 7) is 1.95. The van der Waals surface area contributed by atoms with Crippen molar-refractivity contribution in [2.75, 3.05) is 36.8 Å². The van der Waals surface area contributed by atoms with Gasteiger partial charge in [0, 0.05) is 31.2 Å². The molecule has 0 radical (unpaired) electrons. The van der Waals surface area contributed by atoms with Crippen LogP contribution in [0.4, 0.5) is 9.52 Å². The SMILES string of the molecule is O=C(CS(=O)(=O)c1ccc(F)cc1)N1CCN(c2nc3ccc(Cl)cc3s2)CC1. The largest absolute Gasteiger partial charge is 0.345 e. The van der Waals surface area contributed by atoms with Gasteiger partial charge in [0.2, 0.25) is 5.91 Å². The number of hydrogen-bond acceptors (Lipinski definition) is 6. The molecule has 0 atom stereocenters. The van der Waals surface area contributed by atoms with Gasteiger partial charge in [0.25, 0.3) is 0 Å². The molecule has 0 spiro atoms. The molecule has 0 N–H and O–H groups in total. The summed E-state index contributed by atoms with van der Waals surface area (Å²) in [5, 5.41) is 1.51. The summed E-state index contributed by atoms with van der Waals surface area (Å²) in [5.41, 5.74) is 0.873. The molecule has 0 saturated carbocycles. The van der Waals surface area contributed by atoms with Crippen LogP contribution in [0.25, 0.3) is 10.2 Å². The number of piperazine rings is 1. The lowest BCUT2D eigenvalue weighted by molar-refractivity contribution is -0.128. The third kappa shape index (κ3) is 4.36. The van der Waals surface area contributed by atoms with Crippen molar-refractivity contribution in [3.63, 3.8) is 0 Å². The van der Waals surface area contributed by atoms with E-state index in [4.69, 9.17) is 11.6 Å². The predicted octanol–water partition coefficient (Wildman–Crippen LogP) is 3.21. The van der Waals surface area contributed by atoms with Gasteiger partial charge < -0.3 is 9.80 Å². The van der Waals surface area contributed by atoms with E-state index in [0.717, 1.165) is 27.5 Å². The Kier molecular flexibility index (Phi) is 5.46. The molecular formula is C19H17ClFN3O3S2. The number of benzene rings is 2. The summed E-state index contributed by atoms with van der Waals surface area (Å²) in [6.07, 6.45) is 0. The number of carbonyl (C=O) groups is 1. The summed E-state index contributed by atoms with van der Waals surface area (Å²) >= 11 is 7.56. The molecule has 29 heavy (non-hydrogen) atoms. The molecule has 0 unspecified atom stereocenters. The van der Waals surface area contributed by atoms with Crippen molar-refractivity contribution in [3.05, 3.63) is 53.3 Å². The fourth-order valence-corrected chi connectivity index (χ4v) is 5.67. The lowest BCUT2D eigenvalue weighted by atomic mass is 10.3.